The predicted octanol–water partition coefficient (Wildman–Crippen LogP) is 4.74. The van der Waals surface area contributed by atoms with Gasteiger partial charge in [0.25, 0.3) is 5.88 Å². The average molecular weight is 413 g/mol. The van der Waals surface area contributed by atoms with Gasteiger partial charge in [0.05, 0.1) is 6.61 Å². The van der Waals surface area contributed by atoms with Crippen LogP contribution in [0.4, 0.5) is 4.79 Å². The number of rotatable bonds is 13. The fourth-order valence-corrected chi connectivity index (χ4v) is 2.84. The van der Waals surface area contributed by atoms with Crippen LogP contribution >= 0.6 is 0 Å². The Morgan fingerprint density at radius 2 is 1.76 bits per heavy atom. The van der Waals surface area contributed by atoms with Gasteiger partial charge in [0.2, 0.25) is 0 Å². The lowest BCUT2D eigenvalue weighted by molar-refractivity contribution is -0.140. The quantitative estimate of drug-likeness (QED) is 0.450. The first-order valence-corrected chi connectivity index (χ1v) is 10.4. The van der Waals surface area contributed by atoms with Gasteiger partial charge in [-0.15, -0.1) is 0 Å². The molecule has 166 valence electrons. The van der Waals surface area contributed by atoms with Crippen molar-refractivity contribution in [1.29, 1.82) is 0 Å². The zero-order valence-corrected chi connectivity index (χ0v) is 18.3. The minimum Gasteiger partial charge on any atom is -0.481 e. The molecule has 0 saturated carbocycles. The van der Waals surface area contributed by atoms with Crippen molar-refractivity contribution in [2.75, 3.05) is 13.2 Å². The van der Waals surface area contributed by atoms with E-state index in [1.54, 1.807) is 6.07 Å². The maximum absolute atomic E-state index is 11.5. The van der Waals surface area contributed by atoms with Crippen LogP contribution in [0.1, 0.15) is 84.8 Å². The lowest BCUT2D eigenvalue weighted by Crippen LogP contribution is -2.32. The second-order valence-corrected chi connectivity index (χ2v) is 8.53. The first kappa shape index (κ1) is 24.8. The molecule has 8 nitrogen and oxygen atoms in total. The molecular formula is C21H36N2O6. The number of aliphatic carboxylic acids is 1. The topological polar surface area (TPSA) is 111 Å². The van der Waals surface area contributed by atoms with E-state index >= 15 is 0 Å². The molecule has 8 heteroatoms. The Morgan fingerprint density at radius 3 is 2.34 bits per heavy atom. The number of nitrogens with one attached hydrogen (secondary N) is 1. The molecule has 0 aliphatic carbocycles. The molecule has 1 heterocycles. The Bertz CT molecular complexity index is 621. The Balaban J connectivity index is 2.07. The fraction of sp³-hybridized carbons (Fsp3) is 0.762. The van der Waals surface area contributed by atoms with Gasteiger partial charge in [-0.3, -0.25) is 4.79 Å². The molecular weight excluding hydrogens is 376 g/mol. The maximum atomic E-state index is 11.5. The Labute approximate surface area is 173 Å². The van der Waals surface area contributed by atoms with Gasteiger partial charge in [-0.25, -0.2) is 4.79 Å². The third-order valence-electron chi connectivity index (χ3n) is 4.24. The summed E-state index contributed by atoms with van der Waals surface area (Å²) in [6.07, 6.45) is 5.73. The van der Waals surface area contributed by atoms with Gasteiger partial charge in [0, 0.05) is 12.6 Å². The first-order chi connectivity index (χ1) is 13.6. The van der Waals surface area contributed by atoms with Crippen LogP contribution in [0.15, 0.2) is 10.6 Å². The minimum atomic E-state index is -0.927. The summed E-state index contributed by atoms with van der Waals surface area (Å²) < 4.78 is 15.9. The Kier molecular flexibility index (Phi) is 10.5. The van der Waals surface area contributed by atoms with Gasteiger partial charge >= 0.3 is 12.1 Å². The second-order valence-electron chi connectivity index (χ2n) is 8.53. The van der Waals surface area contributed by atoms with E-state index < -0.39 is 17.5 Å². The summed E-state index contributed by atoms with van der Waals surface area (Å²) in [6, 6.07) is 1.57. The van der Waals surface area contributed by atoms with E-state index in [0.29, 0.717) is 24.8 Å². The molecule has 0 aliphatic heterocycles. The smallest absolute Gasteiger partial charge is 0.407 e. The number of unbranched alkanes of at least 4 members (excludes halogenated alkanes) is 5. The number of hydrogen-bond acceptors (Lipinski definition) is 6. The van der Waals surface area contributed by atoms with Crippen LogP contribution in [0.2, 0.25) is 0 Å². The van der Waals surface area contributed by atoms with E-state index in [1.807, 2.05) is 34.6 Å². The maximum Gasteiger partial charge on any atom is 0.407 e. The zero-order chi connectivity index (χ0) is 21.9. The highest BCUT2D eigenvalue weighted by Gasteiger charge is 2.28. The monoisotopic (exact) mass is 412 g/mol. The summed E-state index contributed by atoms with van der Waals surface area (Å²) in [6.45, 7) is 10.3. The lowest BCUT2D eigenvalue weighted by Gasteiger charge is -2.19. The number of amides is 1. The molecule has 0 aliphatic rings. The van der Waals surface area contributed by atoms with E-state index in [9.17, 15) is 14.7 Å². The van der Waals surface area contributed by atoms with E-state index in [4.69, 9.17) is 14.0 Å². The normalized spacial score (nSPS) is 12.6. The Hall–Kier alpha value is -2.25. The van der Waals surface area contributed by atoms with Crippen LogP contribution in [0, 0.1) is 5.92 Å². The van der Waals surface area contributed by atoms with Crippen LogP contribution < -0.4 is 10.1 Å². The van der Waals surface area contributed by atoms with Gasteiger partial charge in [-0.2, -0.15) is 0 Å². The van der Waals surface area contributed by atoms with E-state index in [0.717, 1.165) is 38.5 Å². The number of nitrogens with zero attached hydrogens (tertiary/aromatic N) is 1. The molecule has 1 amide bonds. The second kappa shape index (κ2) is 12.3. The zero-order valence-electron chi connectivity index (χ0n) is 18.3. The summed E-state index contributed by atoms with van der Waals surface area (Å²) >= 11 is 0. The third-order valence-corrected chi connectivity index (χ3v) is 4.24. The highest BCUT2D eigenvalue weighted by Crippen LogP contribution is 2.27. The van der Waals surface area contributed by atoms with Crippen LogP contribution in [0.5, 0.6) is 5.88 Å². The van der Waals surface area contributed by atoms with E-state index in [1.165, 1.54) is 0 Å². The molecule has 29 heavy (non-hydrogen) atoms. The van der Waals surface area contributed by atoms with Crippen molar-refractivity contribution >= 4 is 12.1 Å². The summed E-state index contributed by atoms with van der Waals surface area (Å²) in [4.78, 5) is 22.8. The van der Waals surface area contributed by atoms with Crippen molar-refractivity contribution < 1.29 is 28.7 Å². The largest absolute Gasteiger partial charge is 0.481 e. The van der Waals surface area contributed by atoms with Crippen LogP contribution in [0.25, 0.3) is 0 Å². The van der Waals surface area contributed by atoms with Crippen molar-refractivity contribution in [3.63, 3.8) is 0 Å². The fourth-order valence-electron chi connectivity index (χ4n) is 2.84. The molecule has 1 rings (SSSR count). The van der Waals surface area contributed by atoms with Crippen molar-refractivity contribution in [3.8, 4) is 5.88 Å². The highest BCUT2D eigenvalue weighted by atomic mass is 16.6. The molecule has 1 aromatic heterocycles. The molecule has 0 saturated heterocycles. The van der Waals surface area contributed by atoms with Crippen LogP contribution in [0.3, 0.4) is 0 Å². The van der Waals surface area contributed by atoms with Gasteiger partial charge in [-0.05, 0) is 44.7 Å². The number of alkyl carbamates (subject to hydrolysis) is 1. The SMILES string of the molecule is CC(C)C(C(=O)O)c1cc(OCCCCCCCCNC(=O)OC(C)(C)C)no1. The number of carbonyl (C=O) groups excluding carboxylic acids is 1. The van der Waals surface area contributed by atoms with E-state index in [2.05, 4.69) is 10.5 Å². The van der Waals surface area contributed by atoms with Gasteiger partial charge in [-0.1, -0.05) is 39.5 Å². The first-order valence-electron chi connectivity index (χ1n) is 10.4. The molecule has 1 atom stereocenters. The molecule has 0 bridgehead atoms. The number of ether oxygens (including phenoxy) is 2. The molecule has 0 radical (unpaired) electrons. The molecule has 0 spiro atoms. The molecule has 1 unspecified atom stereocenters. The van der Waals surface area contributed by atoms with Gasteiger partial charge < -0.3 is 24.4 Å². The highest BCUT2D eigenvalue weighted by molar-refractivity contribution is 5.75. The number of carboxylic acid groups (broad SMARTS) is 1. The Morgan fingerprint density at radius 1 is 1.14 bits per heavy atom. The van der Waals surface area contributed by atoms with Crippen molar-refractivity contribution in [2.24, 2.45) is 5.92 Å². The van der Waals surface area contributed by atoms with Crippen molar-refractivity contribution in [2.45, 2.75) is 84.7 Å². The van der Waals surface area contributed by atoms with Crippen molar-refractivity contribution in [1.82, 2.24) is 10.5 Å². The van der Waals surface area contributed by atoms with Crippen LogP contribution in [-0.2, 0) is 9.53 Å². The molecule has 1 aromatic rings. The molecule has 2 N–H and O–H groups in total. The van der Waals surface area contributed by atoms with Crippen LogP contribution in [-0.4, -0.2) is 41.1 Å². The van der Waals surface area contributed by atoms with E-state index in [-0.39, 0.29) is 12.0 Å². The summed E-state index contributed by atoms with van der Waals surface area (Å²) in [7, 11) is 0. The van der Waals surface area contributed by atoms with Gasteiger partial charge in [0.1, 0.15) is 11.5 Å². The molecule has 0 fully saturated rings. The lowest BCUT2D eigenvalue weighted by atomic mass is 9.94. The standard InChI is InChI=1S/C21H36N2O6/c1-15(2)18(19(24)25)16-14-17(23-29-16)27-13-11-9-7-6-8-10-12-22-20(26)28-21(3,4)5/h14-15,18H,6-13H2,1-5H3,(H,22,26)(H,24,25). The number of aromatic nitrogens is 1. The minimum absolute atomic E-state index is 0.0902. The summed E-state index contributed by atoms with van der Waals surface area (Å²) in [5, 5.41) is 15.8. The third kappa shape index (κ3) is 10.8. The summed E-state index contributed by atoms with van der Waals surface area (Å²) in [5.74, 6) is -1.08. The summed E-state index contributed by atoms with van der Waals surface area (Å²) in [5.41, 5.74) is -0.466. The van der Waals surface area contributed by atoms with Gasteiger partial charge in [0.15, 0.2) is 5.76 Å². The predicted molar refractivity (Wildman–Crippen MR) is 109 cm³/mol. The average Bonchev–Trinajstić information content (AvgIpc) is 3.02. The number of carboxylic acids is 1. The number of hydrogen-bond donors (Lipinski definition) is 2. The molecule has 0 aromatic carbocycles. The van der Waals surface area contributed by atoms with Crippen molar-refractivity contribution in [3.05, 3.63) is 11.8 Å². The number of carbonyl (C=O) groups is 2.